The maximum atomic E-state index is 13.0. The topological polar surface area (TPSA) is 107 Å². The lowest BCUT2D eigenvalue weighted by atomic mass is 9.86. The largest absolute Gasteiger partial charge is 0.495 e. The number of benzene rings is 1. The average Bonchev–Trinajstić information content (AvgIpc) is 3.06. The normalized spacial score (nSPS) is 18.5. The number of likely N-dealkylation sites (tertiary alicyclic amines) is 1. The number of aliphatic imine (C=N–C) groups is 2. The van der Waals surface area contributed by atoms with Crippen LogP contribution < -0.4 is 20.7 Å². The Labute approximate surface area is 278 Å². The number of amides is 2. The maximum absolute atomic E-state index is 13.0. The van der Waals surface area contributed by atoms with Gasteiger partial charge in [0.15, 0.2) is 0 Å². The lowest BCUT2D eigenvalue weighted by molar-refractivity contribution is -0.122. The van der Waals surface area contributed by atoms with Crippen molar-refractivity contribution in [3.05, 3.63) is 35.0 Å². The molecule has 1 aromatic carbocycles. The van der Waals surface area contributed by atoms with Crippen molar-refractivity contribution in [1.82, 2.24) is 15.5 Å². The molecular formula is C35H55F3N6O3. The zero-order valence-corrected chi connectivity index (χ0v) is 28.7. The van der Waals surface area contributed by atoms with E-state index in [1.165, 1.54) is 59.0 Å². The molecule has 9 nitrogen and oxygen atoms in total. The summed E-state index contributed by atoms with van der Waals surface area (Å²) >= 11 is 0. The molecule has 2 amide bonds. The van der Waals surface area contributed by atoms with Gasteiger partial charge in [-0.2, -0.15) is 13.2 Å². The van der Waals surface area contributed by atoms with Crippen LogP contribution in [0.15, 0.2) is 39.5 Å². The average molecular weight is 665 g/mol. The van der Waals surface area contributed by atoms with E-state index in [1.807, 2.05) is 0 Å². The lowest BCUT2D eigenvalue weighted by Gasteiger charge is -2.29. The van der Waals surface area contributed by atoms with Gasteiger partial charge in [0.05, 0.1) is 24.1 Å². The summed E-state index contributed by atoms with van der Waals surface area (Å²) in [6, 6.07) is 4.98. The summed E-state index contributed by atoms with van der Waals surface area (Å²) in [5.74, 6) is 1.52. The van der Waals surface area contributed by atoms with Crippen LogP contribution in [-0.4, -0.2) is 82.3 Å². The molecule has 3 aliphatic rings. The van der Waals surface area contributed by atoms with Gasteiger partial charge in [0.1, 0.15) is 12.4 Å². The Balaban J connectivity index is 0.000000386. The Hall–Kier alpha value is -3.41. The molecule has 2 aliphatic heterocycles. The number of hydrogen-bond acceptors (Lipinski definition) is 7. The van der Waals surface area contributed by atoms with E-state index >= 15 is 0 Å². The van der Waals surface area contributed by atoms with Crippen LogP contribution in [0.3, 0.4) is 0 Å². The number of nitrogens with one attached hydrogen (secondary N) is 3. The van der Waals surface area contributed by atoms with E-state index in [1.54, 1.807) is 18.2 Å². The SMILES string of the molecule is C=N/C(C)=C(\C=N/CNc1ccc(C(=O)NC2CCN(C)CC2)cc1OC)C(F)(F)F.CCCC1CCCCC1.O=C1CCCCN1. The summed E-state index contributed by atoms with van der Waals surface area (Å²) in [4.78, 5) is 32.2. The van der Waals surface area contributed by atoms with Gasteiger partial charge >= 0.3 is 6.18 Å². The second kappa shape index (κ2) is 21.5. The fourth-order valence-electron chi connectivity index (χ4n) is 5.74. The predicted molar refractivity (Wildman–Crippen MR) is 185 cm³/mol. The van der Waals surface area contributed by atoms with Crippen molar-refractivity contribution in [2.45, 2.75) is 103 Å². The first kappa shape index (κ1) is 39.8. The van der Waals surface area contributed by atoms with Gasteiger partial charge in [-0.3, -0.25) is 19.6 Å². The number of hydrogen-bond donors (Lipinski definition) is 3. The molecule has 1 aliphatic carbocycles. The predicted octanol–water partition coefficient (Wildman–Crippen LogP) is 7.15. The molecule has 2 saturated heterocycles. The first-order chi connectivity index (χ1) is 22.5. The minimum Gasteiger partial charge on any atom is -0.495 e. The number of methoxy groups -OCH3 is 1. The van der Waals surface area contributed by atoms with E-state index in [0.717, 1.165) is 57.7 Å². The zero-order chi connectivity index (χ0) is 34.7. The highest BCUT2D eigenvalue weighted by molar-refractivity contribution is 5.95. The summed E-state index contributed by atoms with van der Waals surface area (Å²) in [5.41, 5.74) is -0.266. The highest BCUT2D eigenvalue weighted by atomic mass is 19.4. The summed E-state index contributed by atoms with van der Waals surface area (Å²) in [6.07, 6.45) is 11.3. The zero-order valence-electron chi connectivity index (χ0n) is 28.7. The Morgan fingerprint density at radius 2 is 1.83 bits per heavy atom. The minimum atomic E-state index is -4.57. The second-order valence-electron chi connectivity index (χ2n) is 12.4. The molecular weight excluding hydrogens is 609 g/mol. The molecule has 0 radical (unpaired) electrons. The van der Waals surface area contributed by atoms with Crippen molar-refractivity contribution in [2.24, 2.45) is 15.9 Å². The fourth-order valence-corrected chi connectivity index (χ4v) is 5.74. The van der Waals surface area contributed by atoms with Crippen molar-refractivity contribution in [2.75, 3.05) is 45.8 Å². The van der Waals surface area contributed by atoms with E-state index in [2.05, 4.69) is 51.5 Å². The van der Waals surface area contributed by atoms with Crippen LogP contribution in [0.25, 0.3) is 0 Å². The van der Waals surface area contributed by atoms with Gasteiger partial charge in [-0.25, -0.2) is 0 Å². The van der Waals surface area contributed by atoms with Crippen LogP contribution in [0.4, 0.5) is 18.9 Å². The molecule has 0 atom stereocenters. The summed E-state index contributed by atoms with van der Waals surface area (Å²) in [5, 5.41) is 8.66. The van der Waals surface area contributed by atoms with Crippen molar-refractivity contribution < 1.29 is 27.5 Å². The van der Waals surface area contributed by atoms with E-state index in [0.29, 0.717) is 23.2 Å². The maximum Gasteiger partial charge on any atom is 0.419 e. The van der Waals surface area contributed by atoms with Crippen LogP contribution in [0.1, 0.15) is 101 Å². The molecule has 0 spiro atoms. The Morgan fingerprint density at radius 3 is 2.36 bits per heavy atom. The highest BCUT2D eigenvalue weighted by Gasteiger charge is 2.34. The first-order valence-corrected chi connectivity index (χ1v) is 16.9. The van der Waals surface area contributed by atoms with Crippen LogP contribution >= 0.6 is 0 Å². The Kier molecular flexibility index (Phi) is 18.2. The number of allylic oxidation sites excluding steroid dienone is 2. The van der Waals surface area contributed by atoms with Gasteiger partial charge in [0, 0.05) is 30.8 Å². The van der Waals surface area contributed by atoms with E-state index in [4.69, 9.17) is 4.74 Å². The van der Waals surface area contributed by atoms with Gasteiger partial charge in [-0.15, -0.1) is 0 Å². The van der Waals surface area contributed by atoms with Crippen molar-refractivity contribution >= 4 is 30.4 Å². The standard InChI is InChI=1S/C21H28F3N5O2.C9H18.C5H9NO/c1-14(25-2)17(21(22,23)24)12-26-13-27-18-6-5-15(11-19(18)31-4)20(30)28-16-7-9-29(3)10-8-16;1-2-6-9-7-4-3-5-8-9;7-5-3-1-2-4-6-5/h5-6,11-12,16,27H,2,7-10,13H2,1,3-4H3,(H,28,30);9H,2-8H2,1H3;1-4H2,(H,6,7)/b17-14+,26-12-;;. The number of piperidine rings is 2. The van der Waals surface area contributed by atoms with Crippen molar-refractivity contribution in [3.63, 3.8) is 0 Å². The molecule has 0 unspecified atom stereocenters. The van der Waals surface area contributed by atoms with Crippen molar-refractivity contribution in [3.8, 4) is 5.75 Å². The number of nitrogens with zero attached hydrogens (tertiary/aromatic N) is 3. The third-order valence-electron chi connectivity index (χ3n) is 8.61. The number of halogens is 3. The van der Waals surface area contributed by atoms with E-state index < -0.39 is 11.7 Å². The van der Waals surface area contributed by atoms with Gasteiger partial charge in [-0.05, 0) is 83.6 Å². The molecule has 12 heteroatoms. The summed E-state index contributed by atoms with van der Waals surface area (Å²) in [7, 11) is 3.50. The fraction of sp³-hybridized carbons (Fsp3) is 0.657. The van der Waals surface area contributed by atoms with Crippen LogP contribution in [0.5, 0.6) is 5.75 Å². The number of ether oxygens (including phenoxy) is 1. The number of alkyl halides is 3. The van der Waals surface area contributed by atoms with Gasteiger partial charge in [0.2, 0.25) is 5.91 Å². The molecule has 0 aromatic heterocycles. The number of rotatable bonds is 10. The molecule has 2 heterocycles. The smallest absolute Gasteiger partial charge is 0.419 e. The van der Waals surface area contributed by atoms with Gasteiger partial charge in [0.25, 0.3) is 5.91 Å². The molecule has 3 N–H and O–H groups in total. The molecule has 1 aromatic rings. The Bertz CT molecular complexity index is 1160. The van der Waals surface area contributed by atoms with E-state index in [9.17, 15) is 22.8 Å². The molecule has 1 saturated carbocycles. The quantitative estimate of drug-likeness (QED) is 0.231. The summed E-state index contributed by atoms with van der Waals surface area (Å²) < 4.78 is 44.4. The minimum absolute atomic E-state index is 0.124. The monoisotopic (exact) mass is 664 g/mol. The van der Waals surface area contributed by atoms with Gasteiger partial charge < -0.3 is 25.6 Å². The molecule has 264 valence electrons. The molecule has 0 bridgehead atoms. The molecule has 4 rings (SSSR count). The first-order valence-electron chi connectivity index (χ1n) is 16.9. The number of anilines is 1. The number of carbonyl (C=O) groups excluding carboxylic acids is 2. The van der Waals surface area contributed by atoms with Crippen LogP contribution in [0, 0.1) is 5.92 Å². The number of carbonyl (C=O) groups is 2. The third-order valence-corrected chi connectivity index (χ3v) is 8.61. The third kappa shape index (κ3) is 15.4. The Morgan fingerprint density at radius 1 is 1.13 bits per heavy atom. The second-order valence-corrected chi connectivity index (χ2v) is 12.4. The highest BCUT2D eigenvalue weighted by Crippen LogP contribution is 2.29. The van der Waals surface area contributed by atoms with Crippen molar-refractivity contribution in [1.29, 1.82) is 0 Å². The van der Waals surface area contributed by atoms with Crippen LogP contribution in [0.2, 0.25) is 0 Å². The van der Waals surface area contributed by atoms with Gasteiger partial charge in [-0.1, -0.05) is 51.9 Å². The molecule has 3 fully saturated rings. The molecule has 47 heavy (non-hydrogen) atoms. The van der Waals surface area contributed by atoms with E-state index in [-0.39, 0.29) is 30.2 Å². The van der Waals surface area contributed by atoms with Crippen LogP contribution in [-0.2, 0) is 4.79 Å². The summed E-state index contributed by atoms with van der Waals surface area (Å²) in [6.45, 7) is 9.27. The lowest BCUT2D eigenvalue weighted by Crippen LogP contribution is -2.43.